The SMILES string of the molecule is CS(=O)(=O)Nc1cc([C@H](O)CNCCCCCCOCCCCc2cccc(S(=O)(=O)NOC=O)c2)ccc1O. The van der Waals surface area contributed by atoms with Crippen LogP contribution in [0.1, 0.15) is 55.8 Å². The number of anilines is 1. The van der Waals surface area contributed by atoms with Gasteiger partial charge in [0.05, 0.1) is 22.9 Å². The topological polar surface area (TPSA) is 180 Å². The van der Waals surface area contributed by atoms with Crippen LogP contribution in [-0.4, -0.2) is 66.1 Å². The van der Waals surface area contributed by atoms with Crippen molar-refractivity contribution in [3.63, 3.8) is 0 Å². The Morgan fingerprint density at radius 3 is 2.40 bits per heavy atom. The zero-order chi connectivity index (χ0) is 29.4. The Morgan fingerprint density at radius 1 is 0.950 bits per heavy atom. The van der Waals surface area contributed by atoms with E-state index in [0.29, 0.717) is 31.7 Å². The van der Waals surface area contributed by atoms with Gasteiger partial charge in [0.2, 0.25) is 10.0 Å². The van der Waals surface area contributed by atoms with Gasteiger partial charge >= 0.3 is 6.47 Å². The molecule has 2 rings (SSSR count). The van der Waals surface area contributed by atoms with Crippen LogP contribution in [0.15, 0.2) is 47.4 Å². The molecule has 0 radical (unpaired) electrons. The highest BCUT2D eigenvalue weighted by molar-refractivity contribution is 7.92. The number of rotatable bonds is 21. The maximum Gasteiger partial charge on any atom is 0.314 e. The van der Waals surface area contributed by atoms with Crippen LogP contribution < -0.4 is 14.9 Å². The molecule has 0 aliphatic carbocycles. The summed E-state index contributed by atoms with van der Waals surface area (Å²) in [4.78, 5) is 16.1. The minimum atomic E-state index is -3.89. The second-order valence-corrected chi connectivity index (χ2v) is 12.7. The summed E-state index contributed by atoms with van der Waals surface area (Å²) in [5.74, 6) is -0.211. The number of phenolic OH excluding ortho intramolecular Hbond substituents is 1. The van der Waals surface area contributed by atoms with Gasteiger partial charge in [-0.15, -0.1) is 0 Å². The highest BCUT2D eigenvalue weighted by Crippen LogP contribution is 2.27. The molecule has 0 bridgehead atoms. The smallest absolute Gasteiger partial charge is 0.314 e. The van der Waals surface area contributed by atoms with Crippen molar-refractivity contribution in [3.8, 4) is 5.75 Å². The van der Waals surface area contributed by atoms with Crippen LogP contribution in [-0.2, 0) is 40.8 Å². The van der Waals surface area contributed by atoms with Crippen molar-refractivity contribution in [2.45, 2.75) is 55.9 Å². The van der Waals surface area contributed by atoms with Gasteiger partial charge in [0.25, 0.3) is 10.0 Å². The predicted octanol–water partition coefficient (Wildman–Crippen LogP) is 2.35. The van der Waals surface area contributed by atoms with E-state index in [-0.39, 0.29) is 22.8 Å². The maximum atomic E-state index is 12.0. The number of carbonyl (C=O) groups is 1. The van der Waals surface area contributed by atoms with Crippen LogP contribution in [0.2, 0.25) is 0 Å². The molecule has 224 valence electrons. The summed E-state index contributed by atoms with van der Waals surface area (Å²) in [6.45, 7) is 2.35. The van der Waals surface area contributed by atoms with E-state index in [1.165, 1.54) is 18.2 Å². The van der Waals surface area contributed by atoms with Crippen molar-refractivity contribution >= 4 is 32.2 Å². The predicted molar refractivity (Wildman–Crippen MR) is 151 cm³/mol. The first-order chi connectivity index (χ1) is 19.0. The van der Waals surface area contributed by atoms with E-state index in [0.717, 1.165) is 56.9 Å². The zero-order valence-corrected chi connectivity index (χ0v) is 24.2. The van der Waals surface area contributed by atoms with E-state index in [2.05, 4.69) is 14.9 Å². The highest BCUT2D eigenvalue weighted by atomic mass is 32.2. The monoisotopic (exact) mass is 601 g/mol. The van der Waals surface area contributed by atoms with Crippen LogP contribution in [0, 0.1) is 0 Å². The molecule has 12 nitrogen and oxygen atoms in total. The second-order valence-electron chi connectivity index (χ2n) is 9.30. The Kier molecular flexibility index (Phi) is 14.3. The Labute approximate surface area is 236 Å². The number of aryl methyl sites for hydroxylation is 1. The number of hydrogen-bond acceptors (Lipinski definition) is 10. The number of benzene rings is 2. The first kappa shape index (κ1) is 33.5. The molecule has 0 saturated heterocycles. The zero-order valence-electron chi connectivity index (χ0n) is 22.5. The van der Waals surface area contributed by atoms with Gasteiger partial charge < -0.3 is 25.1 Å². The largest absolute Gasteiger partial charge is 0.506 e. The standard InChI is InChI=1S/C26H39N3O9S2/c1-39(33,34)28-24-18-22(12-13-25(24)31)26(32)19-27-14-5-2-3-6-15-37-16-7-4-9-21-10-8-11-23(17-21)40(35,36)29-38-20-30/h8,10-13,17-18,20,26-29,31-32H,2-7,9,14-16,19H2,1H3/t26-/m1/s1. The average molecular weight is 602 g/mol. The van der Waals surface area contributed by atoms with Crippen LogP contribution in [0.25, 0.3) is 0 Å². The van der Waals surface area contributed by atoms with Gasteiger partial charge in [-0.25, -0.2) is 16.8 Å². The molecule has 0 unspecified atom stereocenters. The number of aliphatic hydroxyl groups is 1. The minimum absolute atomic E-state index is 0.00903. The van der Waals surface area contributed by atoms with Gasteiger partial charge in [0, 0.05) is 19.8 Å². The van der Waals surface area contributed by atoms with Gasteiger partial charge in [-0.3, -0.25) is 9.52 Å². The summed E-state index contributed by atoms with van der Waals surface area (Å²) in [6.07, 6.45) is 6.46. The van der Waals surface area contributed by atoms with Crippen LogP contribution in [0.5, 0.6) is 5.75 Å². The first-order valence-electron chi connectivity index (χ1n) is 13.0. The van der Waals surface area contributed by atoms with Crippen molar-refractivity contribution in [3.05, 3.63) is 53.6 Å². The number of nitrogens with one attached hydrogen (secondary N) is 3. The molecule has 0 aromatic heterocycles. The fraction of sp³-hybridized carbons (Fsp3) is 0.500. The molecule has 2 aromatic rings. The lowest BCUT2D eigenvalue weighted by molar-refractivity contribution is -0.131. The van der Waals surface area contributed by atoms with Crippen molar-refractivity contribution in [2.75, 3.05) is 37.3 Å². The lowest BCUT2D eigenvalue weighted by Crippen LogP contribution is -2.23. The third-order valence-electron chi connectivity index (χ3n) is 5.85. The van der Waals surface area contributed by atoms with Crippen LogP contribution in [0.3, 0.4) is 0 Å². The van der Waals surface area contributed by atoms with E-state index in [4.69, 9.17) is 4.74 Å². The molecule has 5 N–H and O–H groups in total. The Hall–Kier alpha value is -2.75. The Morgan fingerprint density at radius 2 is 1.68 bits per heavy atom. The number of aliphatic hydroxyl groups excluding tert-OH is 1. The molecule has 0 amide bonds. The Bertz CT molecular complexity index is 1270. The molecule has 0 aliphatic heterocycles. The number of ether oxygens (including phenoxy) is 1. The lowest BCUT2D eigenvalue weighted by atomic mass is 10.1. The molecular weight excluding hydrogens is 562 g/mol. The van der Waals surface area contributed by atoms with Crippen molar-refractivity contribution < 1.29 is 41.4 Å². The molecule has 0 heterocycles. The molecule has 2 aromatic carbocycles. The highest BCUT2D eigenvalue weighted by Gasteiger charge is 2.15. The van der Waals surface area contributed by atoms with E-state index in [9.17, 15) is 31.8 Å². The molecule has 0 fully saturated rings. The summed E-state index contributed by atoms with van der Waals surface area (Å²) >= 11 is 0. The maximum absolute atomic E-state index is 12.0. The lowest BCUT2D eigenvalue weighted by Gasteiger charge is -2.14. The van der Waals surface area contributed by atoms with Crippen LogP contribution in [0.4, 0.5) is 5.69 Å². The van der Waals surface area contributed by atoms with Gasteiger partial charge in [0.1, 0.15) is 5.75 Å². The van der Waals surface area contributed by atoms with E-state index < -0.39 is 26.2 Å². The second kappa shape index (κ2) is 17.1. The molecule has 0 aliphatic rings. The van der Waals surface area contributed by atoms with Crippen molar-refractivity contribution in [1.82, 2.24) is 10.2 Å². The van der Waals surface area contributed by atoms with Crippen molar-refractivity contribution in [1.29, 1.82) is 0 Å². The number of aromatic hydroxyl groups is 1. The number of phenols is 1. The quantitative estimate of drug-likeness (QED) is 0.0617. The van der Waals surface area contributed by atoms with Crippen LogP contribution >= 0.6 is 0 Å². The normalized spacial score (nSPS) is 12.7. The summed E-state index contributed by atoms with van der Waals surface area (Å²) in [7, 11) is -7.44. The fourth-order valence-electron chi connectivity index (χ4n) is 3.84. The summed E-state index contributed by atoms with van der Waals surface area (Å²) in [6, 6.07) is 10.8. The Balaban J connectivity index is 1.50. The van der Waals surface area contributed by atoms with E-state index >= 15 is 0 Å². The third kappa shape index (κ3) is 13.1. The fourth-order valence-corrected chi connectivity index (χ4v) is 5.23. The van der Waals surface area contributed by atoms with Gasteiger partial charge in [-0.05, 0) is 78.9 Å². The number of sulfonamides is 2. The molecule has 1 atom stereocenters. The third-order valence-corrected chi connectivity index (χ3v) is 7.63. The van der Waals surface area contributed by atoms with Gasteiger partial charge in [-0.1, -0.05) is 31.0 Å². The minimum Gasteiger partial charge on any atom is -0.506 e. The summed E-state index contributed by atoms with van der Waals surface area (Å²) < 4.78 is 54.7. The number of unbranched alkanes of at least 4 members (excludes halogenated alkanes) is 4. The van der Waals surface area contributed by atoms with Gasteiger partial charge in [0.15, 0.2) is 0 Å². The summed E-state index contributed by atoms with van der Waals surface area (Å²) in [5, 5.41) is 23.3. The molecular formula is C26H39N3O9S2. The number of carbonyl (C=O) groups excluding carboxylic acids is 1. The van der Waals surface area contributed by atoms with E-state index in [1.54, 1.807) is 23.1 Å². The number of hydrogen-bond donors (Lipinski definition) is 5. The van der Waals surface area contributed by atoms with Gasteiger partial charge in [-0.2, -0.15) is 0 Å². The molecule has 0 saturated carbocycles. The van der Waals surface area contributed by atoms with E-state index in [1.807, 2.05) is 6.07 Å². The summed E-state index contributed by atoms with van der Waals surface area (Å²) in [5.41, 5.74) is 1.39. The van der Waals surface area contributed by atoms with Crippen molar-refractivity contribution in [2.24, 2.45) is 0 Å². The first-order valence-corrected chi connectivity index (χ1v) is 16.4. The average Bonchev–Trinajstić information content (AvgIpc) is 2.90. The molecule has 40 heavy (non-hydrogen) atoms. The molecule has 0 spiro atoms. The molecule has 14 heteroatoms.